The summed E-state index contributed by atoms with van der Waals surface area (Å²) >= 11 is 3.48. The summed E-state index contributed by atoms with van der Waals surface area (Å²) in [5.41, 5.74) is 3.70. The molecular formula is C52H63BrN10O16S. The predicted molar refractivity (Wildman–Crippen MR) is 291 cm³/mol. The normalized spacial score (nSPS) is 18.3. The van der Waals surface area contributed by atoms with Gasteiger partial charge in [-0.2, -0.15) is 18.6 Å². The largest absolute Gasteiger partial charge is 0.463 e. The Balaban J connectivity index is 1.09. The minimum absolute atomic E-state index is 0.00552. The molecule has 5 aromatic rings. The Morgan fingerprint density at radius 1 is 0.825 bits per heavy atom. The zero-order valence-electron chi connectivity index (χ0n) is 44.8. The van der Waals surface area contributed by atoms with E-state index in [1.807, 2.05) is 43.3 Å². The Labute approximate surface area is 469 Å². The number of carbonyl (C=O) groups excluding carboxylic acids is 6. The molecule has 0 aliphatic carbocycles. The fraction of sp³-hybridized carbons (Fsp3) is 0.423. The summed E-state index contributed by atoms with van der Waals surface area (Å²) in [4.78, 5) is 78.4. The Bertz CT molecular complexity index is 3110. The second-order valence-corrected chi connectivity index (χ2v) is 21.4. The lowest BCUT2D eigenvalue weighted by Crippen LogP contribution is -2.67. The number of aromatic nitrogens is 3. The number of alkyl halides is 1. The number of rotatable bonds is 27. The van der Waals surface area contributed by atoms with Gasteiger partial charge in [-0.05, 0) is 67.6 Å². The highest BCUT2D eigenvalue weighted by Gasteiger charge is 2.54. The van der Waals surface area contributed by atoms with Crippen LogP contribution in [-0.2, 0) is 80.3 Å². The molecule has 1 fully saturated rings. The van der Waals surface area contributed by atoms with Crippen molar-refractivity contribution in [2.24, 2.45) is 10.2 Å². The predicted octanol–water partition coefficient (Wildman–Crippen LogP) is 4.50. The van der Waals surface area contributed by atoms with Crippen molar-refractivity contribution in [2.45, 2.75) is 93.9 Å². The number of azo groups is 1. The summed E-state index contributed by atoms with van der Waals surface area (Å²) in [7, 11) is -0.627. The third-order valence-corrected chi connectivity index (χ3v) is 13.5. The van der Waals surface area contributed by atoms with Crippen molar-refractivity contribution >= 4 is 95.2 Å². The van der Waals surface area contributed by atoms with Gasteiger partial charge in [0, 0.05) is 82.6 Å². The Hall–Kier alpha value is -7.47. The van der Waals surface area contributed by atoms with Crippen LogP contribution in [0.2, 0.25) is 0 Å². The summed E-state index contributed by atoms with van der Waals surface area (Å²) in [6.45, 7) is 5.67. The highest BCUT2D eigenvalue weighted by molar-refractivity contribution is 9.10. The van der Waals surface area contributed by atoms with Crippen molar-refractivity contribution in [2.75, 3.05) is 63.8 Å². The van der Waals surface area contributed by atoms with Gasteiger partial charge in [0.1, 0.15) is 29.3 Å². The van der Waals surface area contributed by atoms with E-state index in [1.54, 1.807) is 54.7 Å². The fourth-order valence-corrected chi connectivity index (χ4v) is 9.14. The van der Waals surface area contributed by atoms with Crippen LogP contribution in [0.25, 0.3) is 10.8 Å². The number of nitrogens with one attached hydrogen (secondary N) is 4. The average Bonchev–Trinajstić information content (AvgIpc) is 3.98. The van der Waals surface area contributed by atoms with Crippen molar-refractivity contribution in [3.63, 3.8) is 0 Å². The minimum Gasteiger partial charge on any atom is -0.463 e. The van der Waals surface area contributed by atoms with Gasteiger partial charge in [-0.25, -0.2) is 4.68 Å². The molecule has 6 rings (SSSR count). The van der Waals surface area contributed by atoms with Gasteiger partial charge in [0.25, 0.3) is 16.0 Å². The molecule has 28 heteroatoms. The molecule has 0 radical (unpaired) electrons. The van der Waals surface area contributed by atoms with Gasteiger partial charge in [-0.15, -0.1) is 5.10 Å². The topological polar surface area (TPSA) is 328 Å². The van der Waals surface area contributed by atoms with Crippen LogP contribution in [0.5, 0.6) is 0 Å². The maximum absolute atomic E-state index is 14.1. The fourth-order valence-electron chi connectivity index (χ4n) is 8.05. The highest BCUT2D eigenvalue weighted by Crippen LogP contribution is 2.34. The molecule has 1 aliphatic rings. The number of carbonyl (C=O) groups is 6. The summed E-state index contributed by atoms with van der Waals surface area (Å²) in [6, 6.07) is 22.1. The van der Waals surface area contributed by atoms with Gasteiger partial charge >= 0.3 is 17.9 Å². The van der Waals surface area contributed by atoms with E-state index in [0.29, 0.717) is 33.7 Å². The lowest BCUT2D eigenvalue weighted by molar-refractivity contribution is -0.319. The molecule has 430 valence electrons. The van der Waals surface area contributed by atoms with Crippen molar-refractivity contribution in [1.29, 1.82) is 0 Å². The molecule has 5 N–H and O–H groups in total. The van der Waals surface area contributed by atoms with Crippen molar-refractivity contribution < 1.29 is 74.9 Å². The molecule has 2 heterocycles. The Kier molecular flexibility index (Phi) is 22.1. The van der Waals surface area contributed by atoms with Gasteiger partial charge in [-0.3, -0.25) is 33.3 Å². The molecule has 0 bridgehead atoms. The van der Waals surface area contributed by atoms with Gasteiger partial charge in [-0.1, -0.05) is 45.4 Å². The molecule has 80 heavy (non-hydrogen) atoms. The second kappa shape index (κ2) is 28.6. The van der Waals surface area contributed by atoms with Crippen LogP contribution in [0.1, 0.15) is 50.7 Å². The number of esters is 3. The number of hydrogen-bond donors (Lipinski definition) is 5. The summed E-state index contributed by atoms with van der Waals surface area (Å²) in [5.74, 6) is -4.03. The standard InChI is InChI=1S/C52H63BrN10O16S/c1-31(64)57-45-47(77-34(4)67)46(76-33(3)66)43(30-75-32(2)65)78-49(45)79-51(52(5,53)50(69)55-23-22-54-42-12-8-11-41-40(42)10-9-13-44(41)80(70,71)72)74-27-26-73-25-24-63-29-38(60-61-63)28-56-48(68)35-14-16-36(17-15-35)58-59-37-18-20-39(21-19-37)62(6)7/h8-21,29,43,45-47,49,51,54H,22-28,30H2,1-7H3,(H,55,69)(H,56,68)(H,57,64)(H,70,71,72)/b59-58+/t43-,45-,46-,47-,49+,51-,52+/m1/s1. The number of anilines is 2. The number of nitrogens with zero attached hydrogens (tertiary/aromatic N) is 6. The summed E-state index contributed by atoms with van der Waals surface area (Å²) in [6.07, 6.45) is -5.87. The molecule has 3 amide bonds. The first-order valence-electron chi connectivity index (χ1n) is 24.9. The van der Waals surface area contributed by atoms with Crippen LogP contribution in [-0.4, -0.2) is 158 Å². The van der Waals surface area contributed by atoms with E-state index in [4.69, 9.17) is 33.2 Å². The lowest BCUT2D eigenvalue weighted by atomic mass is 9.96. The quantitative estimate of drug-likeness (QED) is 0.00919. The van der Waals surface area contributed by atoms with E-state index in [2.05, 4.69) is 57.7 Å². The van der Waals surface area contributed by atoms with E-state index < -0.39 is 87.7 Å². The molecule has 0 saturated carbocycles. The van der Waals surface area contributed by atoms with E-state index in [0.717, 1.165) is 26.5 Å². The molecule has 0 unspecified atom stereocenters. The van der Waals surface area contributed by atoms with E-state index >= 15 is 0 Å². The summed E-state index contributed by atoms with van der Waals surface area (Å²) < 4.78 is 74.6. The zero-order valence-corrected chi connectivity index (χ0v) is 47.2. The number of hydrogen-bond acceptors (Lipinski definition) is 21. The third kappa shape index (κ3) is 17.8. The van der Waals surface area contributed by atoms with Gasteiger partial charge in [0.2, 0.25) is 11.8 Å². The van der Waals surface area contributed by atoms with Crippen LogP contribution >= 0.6 is 15.9 Å². The monoisotopic (exact) mass is 1190 g/mol. The molecule has 1 saturated heterocycles. The van der Waals surface area contributed by atoms with Crippen LogP contribution in [0, 0.1) is 0 Å². The number of fused-ring (bicyclic) bond motifs is 1. The van der Waals surface area contributed by atoms with Crippen molar-refractivity contribution in [3.05, 3.63) is 102 Å². The molecule has 26 nitrogen and oxygen atoms in total. The van der Waals surface area contributed by atoms with Gasteiger partial charge < -0.3 is 59.3 Å². The van der Waals surface area contributed by atoms with Gasteiger partial charge in [0.15, 0.2) is 29.1 Å². The van der Waals surface area contributed by atoms with E-state index in [1.165, 1.54) is 30.7 Å². The number of ether oxygens (including phenoxy) is 7. The number of amides is 3. The van der Waals surface area contributed by atoms with E-state index in [9.17, 15) is 41.7 Å². The average molecular weight is 1200 g/mol. The molecule has 7 atom stereocenters. The first-order valence-corrected chi connectivity index (χ1v) is 27.1. The van der Waals surface area contributed by atoms with Crippen LogP contribution in [0.4, 0.5) is 22.7 Å². The van der Waals surface area contributed by atoms with Crippen LogP contribution in [0.15, 0.2) is 106 Å². The first-order chi connectivity index (χ1) is 38.0. The smallest absolute Gasteiger partial charge is 0.303 e. The Morgan fingerprint density at radius 2 is 1.48 bits per heavy atom. The Morgan fingerprint density at radius 3 is 2.11 bits per heavy atom. The third-order valence-electron chi connectivity index (χ3n) is 11.9. The highest BCUT2D eigenvalue weighted by atomic mass is 79.9. The van der Waals surface area contributed by atoms with Crippen molar-refractivity contribution in [1.82, 2.24) is 30.9 Å². The zero-order chi connectivity index (χ0) is 58.1. The maximum atomic E-state index is 14.1. The van der Waals surface area contributed by atoms with E-state index in [-0.39, 0.29) is 62.2 Å². The first kappa shape index (κ1) is 61.7. The maximum Gasteiger partial charge on any atom is 0.303 e. The molecular weight excluding hydrogens is 1130 g/mol. The molecule has 4 aromatic carbocycles. The van der Waals surface area contributed by atoms with Crippen LogP contribution < -0.4 is 26.2 Å². The minimum atomic E-state index is -4.53. The molecule has 0 spiro atoms. The van der Waals surface area contributed by atoms with Crippen LogP contribution in [0.3, 0.4) is 0 Å². The molecule has 1 aromatic heterocycles. The van der Waals surface area contributed by atoms with Crippen molar-refractivity contribution in [3.8, 4) is 0 Å². The lowest BCUT2D eigenvalue weighted by Gasteiger charge is -2.46. The number of benzene rings is 4. The molecule has 1 aliphatic heterocycles. The number of halogens is 1. The van der Waals surface area contributed by atoms with Gasteiger partial charge in [0.05, 0.1) is 50.5 Å². The SMILES string of the molecule is CC(=O)N[C@H]1[C@H](O[C@@H](OCCOCCn2cc(CNC(=O)c3ccc(/N=N/c4ccc(N(C)C)cc4)cc3)nn2)[C@@](C)(Br)C(=O)NCCNc2cccc3c(S(=O)(=O)O)cccc23)O[C@H](COC(C)=O)[C@@H](OC(C)=O)[C@@H]1OC(C)=O. The summed E-state index contributed by atoms with van der Waals surface area (Å²) in [5, 5.41) is 28.9. The second-order valence-electron chi connectivity index (χ2n) is 18.4.